The maximum Gasteiger partial charge on any atom is 0.244 e. The van der Waals surface area contributed by atoms with Crippen LogP contribution in [0.5, 0.6) is 5.75 Å². The first-order valence-corrected chi connectivity index (χ1v) is 14.1. The van der Waals surface area contributed by atoms with Crippen LogP contribution in [-0.2, 0) is 26.2 Å². The Morgan fingerprint density at radius 1 is 1.11 bits per heavy atom. The number of benzene rings is 2. The van der Waals surface area contributed by atoms with Crippen molar-refractivity contribution >= 4 is 50.7 Å². The van der Waals surface area contributed by atoms with Crippen LogP contribution in [-0.4, -0.2) is 57.6 Å². The molecule has 0 saturated carbocycles. The minimum atomic E-state index is -3.90. The molecule has 1 N–H and O–H groups in total. The highest BCUT2D eigenvalue weighted by Gasteiger charge is 2.32. The number of nitrogens with zero attached hydrogens (tertiary/aromatic N) is 2. The molecule has 0 aromatic heterocycles. The Hall–Kier alpha value is -2.49. The van der Waals surface area contributed by atoms with Gasteiger partial charge in [-0.1, -0.05) is 56.1 Å². The Bertz CT molecular complexity index is 1170. The van der Waals surface area contributed by atoms with Gasteiger partial charge in [-0.05, 0) is 48.2 Å². The monoisotopic (exact) mass is 557 g/mol. The first-order valence-electron chi connectivity index (χ1n) is 11.5. The fraction of sp³-hybridized carbons (Fsp3) is 0.440. The molecule has 0 heterocycles. The Morgan fingerprint density at radius 3 is 2.36 bits per heavy atom. The van der Waals surface area contributed by atoms with Crippen molar-refractivity contribution in [1.82, 2.24) is 10.2 Å². The number of carbonyl (C=O) groups excluding carboxylic acids is 2. The molecular weight excluding hydrogens is 525 g/mol. The summed E-state index contributed by atoms with van der Waals surface area (Å²) in [5, 5.41) is 3.30. The average molecular weight is 559 g/mol. The third-order valence-electron chi connectivity index (χ3n) is 5.42. The molecule has 1 atom stereocenters. The Balaban J connectivity index is 2.47. The van der Waals surface area contributed by atoms with E-state index in [1.807, 2.05) is 19.9 Å². The number of hydrogen-bond acceptors (Lipinski definition) is 5. The Labute approximate surface area is 223 Å². The van der Waals surface area contributed by atoms with Gasteiger partial charge in [-0.3, -0.25) is 13.9 Å². The number of hydrogen-bond donors (Lipinski definition) is 1. The standard InChI is InChI=1S/C25H33Cl2N3O5S/c1-6-22(25(32)28-14-17(2)3)29(15-18-8-7-9-20(12-18)35-4)24(31)16-30(36(5,33)34)23-11-10-19(26)13-21(23)27/h7-13,17,22H,6,14-16H2,1-5H3,(H,28,32)/t22-/m1/s1. The molecule has 11 heteroatoms. The van der Waals surface area contributed by atoms with Gasteiger partial charge in [0.1, 0.15) is 18.3 Å². The summed E-state index contributed by atoms with van der Waals surface area (Å²) in [6.45, 7) is 5.73. The number of rotatable bonds is 12. The van der Waals surface area contributed by atoms with Crippen molar-refractivity contribution in [3.05, 3.63) is 58.1 Å². The van der Waals surface area contributed by atoms with E-state index in [9.17, 15) is 18.0 Å². The molecule has 8 nitrogen and oxygen atoms in total. The lowest BCUT2D eigenvalue weighted by molar-refractivity contribution is -0.140. The molecule has 0 radical (unpaired) electrons. The molecule has 0 bridgehead atoms. The maximum absolute atomic E-state index is 13.7. The van der Waals surface area contributed by atoms with E-state index < -0.39 is 28.5 Å². The third kappa shape index (κ3) is 8.28. The van der Waals surface area contributed by atoms with Crippen molar-refractivity contribution in [1.29, 1.82) is 0 Å². The van der Waals surface area contributed by atoms with Gasteiger partial charge in [0.2, 0.25) is 21.8 Å². The first kappa shape index (κ1) is 29.7. The lowest BCUT2D eigenvalue weighted by Crippen LogP contribution is -2.52. The van der Waals surface area contributed by atoms with Crippen LogP contribution in [0.4, 0.5) is 5.69 Å². The lowest BCUT2D eigenvalue weighted by Gasteiger charge is -2.33. The van der Waals surface area contributed by atoms with Gasteiger partial charge in [0.15, 0.2) is 0 Å². The molecule has 2 aromatic rings. The number of carbonyl (C=O) groups is 2. The van der Waals surface area contributed by atoms with E-state index >= 15 is 0 Å². The van der Waals surface area contributed by atoms with Crippen LogP contribution in [0.25, 0.3) is 0 Å². The predicted octanol–water partition coefficient (Wildman–Crippen LogP) is 4.35. The van der Waals surface area contributed by atoms with Gasteiger partial charge >= 0.3 is 0 Å². The number of nitrogens with one attached hydrogen (secondary N) is 1. The Kier molecular flexibility index (Phi) is 10.9. The largest absolute Gasteiger partial charge is 0.497 e. The van der Waals surface area contributed by atoms with Gasteiger partial charge in [0.05, 0.1) is 24.1 Å². The molecule has 0 saturated heterocycles. The zero-order chi connectivity index (χ0) is 27.0. The second-order valence-corrected chi connectivity index (χ2v) is 11.6. The summed E-state index contributed by atoms with van der Waals surface area (Å²) in [7, 11) is -2.36. The highest BCUT2D eigenvalue weighted by atomic mass is 35.5. The zero-order valence-electron chi connectivity index (χ0n) is 21.1. The van der Waals surface area contributed by atoms with Crippen LogP contribution in [0, 0.1) is 5.92 Å². The molecule has 0 aliphatic heterocycles. The van der Waals surface area contributed by atoms with Crippen LogP contribution >= 0.6 is 23.2 Å². The first-order chi connectivity index (χ1) is 16.9. The summed E-state index contributed by atoms with van der Waals surface area (Å²) >= 11 is 12.2. The van der Waals surface area contributed by atoms with Crippen molar-refractivity contribution in [3.63, 3.8) is 0 Å². The summed E-state index contributed by atoms with van der Waals surface area (Å²) < 4.78 is 31.6. The van der Waals surface area contributed by atoms with Gasteiger partial charge in [-0.2, -0.15) is 0 Å². The molecule has 0 spiro atoms. The summed E-state index contributed by atoms with van der Waals surface area (Å²) in [6.07, 6.45) is 1.32. The number of anilines is 1. The normalized spacial score (nSPS) is 12.2. The molecule has 198 valence electrons. The van der Waals surface area contributed by atoms with E-state index in [0.717, 1.165) is 16.1 Å². The van der Waals surface area contributed by atoms with Crippen molar-refractivity contribution in [2.24, 2.45) is 5.92 Å². The summed E-state index contributed by atoms with van der Waals surface area (Å²) in [4.78, 5) is 28.2. The molecule has 2 rings (SSSR count). The van der Waals surface area contributed by atoms with E-state index in [2.05, 4.69) is 5.32 Å². The fourth-order valence-electron chi connectivity index (χ4n) is 3.59. The topological polar surface area (TPSA) is 96.0 Å². The third-order valence-corrected chi connectivity index (χ3v) is 7.08. The molecule has 0 aliphatic rings. The van der Waals surface area contributed by atoms with Gasteiger partial charge in [-0.25, -0.2) is 8.42 Å². The van der Waals surface area contributed by atoms with E-state index in [4.69, 9.17) is 27.9 Å². The predicted molar refractivity (Wildman–Crippen MR) is 144 cm³/mol. The minimum absolute atomic E-state index is 0.0790. The van der Waals surface area contributed by atoms with Crippen molar-refractivity contribution in [2.45, 2.75) is 39.8 Å². The van der Waals surface area contributed by atoms with Crippen LogP contribution in [0.2, 0.25) is 10.0 Å². The summed E-state index contributed by atoms with van der Waals surface area (Å²) in [5.74, 6) is -0.0386. The van der Waals surface area contributed by atoms with Gasteiger partial charge in [0.25, 0.3) is 0 Å². The molecule has 0 unspecified atom stereocenters. The molecule has 2 amide bonds. The second-order valence-electron chi connectivity index (χ2n) is 8.80. The molecular formula is C25H33Cl2N3O5S. The van der Waals surface area contributed by atoms with Crippen molar-refractivity contribution in [2.75, 3.05) is 30.8 Å². The fourth-order valence-corrected chi connectivity index (χ4v) is 5.01. The molecule has 2 aromatic carbocycles. The van der Waals surface area contributed by atoms with E-state index in [0.29, 0.717) is 23.7 Å². The average Bonchev–Trinajstić information content (AvgIpc) is 2.80. The van der Waals surface area contributed by atoms with Crippen molar-refractivity contribution < 1.29 is 22.7 Å². The maximum atomic E-state index is 13.7. The van der Waals surface area contributed by atoms with Gasteiger partial charge < -0.3 is 15.0 Å². The quantitative estimate of drug-likeness (QED) is 0.418. The molecule has 0 aliphatic carbocycles. The zero-order valence-corrected chi connectivity index (χ0v) is 23.5. The molecule has 0 fully saturated rings. The number of sulfonamides is 1. The number of ether oxygens (including phenoxy) is 1. The number of amides is 2. The van der Waals surface area contributed by atoms with Crippen LogP contribution in [0.1, 0.15) is 32.8 Å². The van der Waals surface area contributed by atoms with Crippen LogP contribution < -0.4 is 14.4 Å². The lowest BCUT2D eigenvalue weighted by atomic mass is 10.1. The Morgan fingerprint density at radius 2 is 1.81 bits per heavy atom. The summed E-state index contributed by atoms with van der Waals surface area (Å²) in [6, 6.07) is 10.7. The minimum Gasteiger partial charge on any atom is -0.497 e. The summed E-state index contributed by atoms with van der Waals surface area (Å²) in [5.41, 5.74) is 0.851. The van der Waals surface area contributed by atoms with Crippen LogP contribution in [0.15, 0.2) is 42.5 Å². The van der Waals surface area contributed by atoms with E-state index in [-0.39, 0.29) is 29.1 Å². The SMILES string of the molecule is CC[C@H](C(=O)NCC(C)C)N(Cc1cccc(OC)c1)C(=O)CN(c1ccc(Cl)cc1Cl)S(C)(=O)=O. The smallest absolute Gasteiger partial charge is 0.244 e. The number of methoxy groups -OCH3 is 1. The molecule has 36 heavy (non-hydrogen) atoms. The van der Waals surface area contributed by atoms with Crippen LogP contribution in [0.3, 0.4) is 0 Å². The van der Waals surface area contributed by atoms with E-state index in [1.54, 1.807) is 25.1 Å². The van der Waals surface area contributed by atoms with Gasteiger partial charge in [0, 0.05) is 18.1 Å². The van der Waals surface area contributed by atoms with E-state index in [1.165, 1.54) is 30.2 Å². The van der Waals surface area contributed by atoms with Gasteiger partial charge in [-0.15, -0.1) is 0 Å². The number of halogens is 2. The second kappa shape index (κ2) is 13.2. The highest BCUT2D eigenvalue weighted by molar-refractivity contribution is 7.92. The van der Waals surface area contributed by atoms with Crippen molar-refractivity contribution in [3.8, 4) is 5.75 Å². The highest BCUT2D eigenvalue weighted by Crippen LogP contribution is 2.30.